The van der Waals surface area contributed by atoms with Gasteiger partial charge in [0.1, 0.15) is 11.6 Å². The van der Waals surface area contributed by atoms with Crippen LogP contribution in [0.1, 0.15) is 18.1 Å². The Bertz CT molecular complexity index is 819. The Hall–Kier alpha value is -3.15. The molecule has 2 rings (SSSR count). The van der Waals surface area contributed by atoms with Gasteiger partial charge in [-0.2, -0.15) is 0 Å². The summed E-state index contributed by atoms with van der Waals surface area (Å²) >= 11 is 0. The number of nitrogens with zero attached hydrogens (tertiary/aromatic N) is 1. The molecule has 0 aromatic heterocycles. The number of para-hydroxylation sites is 1. The molecule has 0 fully saturated rings. The number of carbonyl (C=O) groups is 2. The van der Waals surface area contributed by atoms with Gasteiger partial charge in [-0.25, -0.2) is 9.18 Å². The summed E-state index contributed by atoms with van der Waals surface area (Å²) in [5.74, 6) is -0.711. The van der Waals surface area contributed by atoms with Crippen molar-refractivity contribution in [1.82, 2.24) is 4.90 Å². The Kier molecular flexibility index (Phi) is 7.55. The third-order valence-corrected chi connectivity index (χ3v) is 3.69. The van der Waals surface area contributed by atoms with Gasteiger partial charge in [0.05, 0.1) is 6.61 Å². The van der Waals surface area contributed by atoms with Gasteiger partial charge < -0.3 is 14.4 Å². The summed E-state index contributed by atoms with van der Waals surface area (Å²) in [7, 11) is 1.56. The minimum absolute atomic E-state index is 0.228. The molecule has 0 atom stereocenters. The molecule has 0 aliphatic rings. The van der Waals surface area contributed by atoms with E-state index in [-0.39, 0.29) is 24.9 Å². The summed E-state index contributed by atoms with van der Waals surface area (Å²) in [5, 5.41) is 0. The first-order chi connectivity index (χ1) is 13.0. The van der Waals surface area contributed by atoms with Gasteiger partial charge in [0, 0.05) is 25.2 Å². The molecule has 142 valence electrons. The number of esters is 1. The maximum absolute atomic E-state index is 13.2. The molecule has 0 saturated heterocycles. The molecule has 0 spiro atoms. The van der Waals surface area contributed by atoms with Crippen LogP contribution >= 0.6 is 0 Å². The molecule has 1 amide bonds. The van der Waals surface area contributed by atoms with E-state index in [1.165, 1.54) is 23.1 Å². The molecule has 0 aliphatic carbocycles. The smallest absolute Gasteiger partial charge is 0.331 e. The molecule has 0 aliphatic heterocycles. The minimum Gasteiger partial charge on any atom is -0.493 e. The van der Waals surface area contributed by atoms with Crippen LogP contribution in [0.3, 0.4) is 0 Å². The number of likely N-dealkylation sites (N-methyl/N-ethyl adjacent to an activating group) is 1. The molecular weight excluding hydrogens is 349 g/mol. The van der Waals surface area contributed by atoms with Gasteiger partial charge >= 0.3 is 5.97 Å². The van der Waals surface area contributed by atoms with Crippen molar-refractivity contribution in [3.05, 3.63) is 71.6 Å². The van der Waals surface area contributed by atoms with Crippen molar-refractivity contribution in [3.8, 4) is 5.75 Å². The van der Waals surface area contributed by atoms with Crippen LogP contribution < -0.4 is 4.74 Å². The number of hydrogen-bond acceptors (Lipinski definition) is 4. The summed E-state index contributed by atoms with van der Waals surface area (Å²) in [4.78, 5) is 25.3. The van der Waals surface area contributed by atoms with Crippen LogP contribution in [-0.4, -0.2) is 37.0 Å². The molecule has 0 unspecified atom stereocenters. The molecule has 6 heteroatoms. The first-order valence-electron chi connectivity index (χ1n) is 8.54. The van der Waals surface area contributed by atoms with E-state index in [9.17, 15) is 14.0 Å². The first-order valence-corrected chi connectivity index (χ1v) is 8.54. The van der Waals surface area contributed by atoms with Gasteiger partial charge in [-0.1, -0.05) is 30.3 Å². The van der Waals surface area contributed by atoms with Crippen molar-refractivity contribution < 1.29 is 23.5 Å². The number of carbonyl (C=O) groups excluding carboxylic acids is 2. The zero-order valence-electron chi connectivity index (χ0n) is 15.4. The van der Waals surface area contributed by atoms with E-state index < -0.39 is 5.97 Å². The summed E-state index contributed by atoms with van der Waals surface area (Å²) in [6.07, 6.45) is 2.83. The molecule has 2 aromatic rings. The van der Waals surface area contributed by atoms with Crippen molar-refractivity contribution in [2.24, 2.45) is 0 Å². The Labute approximate surface area is 158 Å². The maximum atomic E-state index is 13.2. The fraction of sp³-hybridized carbons (Fsp3) is 0.238. The SMILES string of the molecule is CCOc1ccccc1/C=C/C(=O)OCC(=O)N(C)Cc1cccc(F)c1. The second-order valence-electron chi connectivity index (χ2n) is 5.79. The molecule has 0 N–H and O–H groups in total. The van der Waals surface area contributed by atoms with Crippen LogP contribution in [0.2, 0.25) is 0 Å². The fourth-order valence-corrected chi connectivity index (χ4v) is 2.35. The van der Waals surface area contributed by atoms with E-state index >= 15 is 0 Å². The van der Waals surface area contributed by atoms with Gasteiger partial charge in [-0.15, -0.1) is 0 Å². The predicted molar refractivity (Wildman–Crippen MR) is 100 cm³/mol. The Balaban J connectivity index is 1.85. The van der Waals surface area contributed by atoms with Gasteiger partial charge in [0.25, 0.3) is 5.91 Å². The molecule has 0 heterocycles. The first kappa shape index (κ1) is 20.2. The van der Waals surface area contributed by atoms with Crippen molar-refractivity contribution in [2.75, 3.05) is 20.3 Å². The lowest BCUT2D eigenvalue weighted by atomic mass is 10.2. The highest BCUT2D eigenvalue weighted by atomic mass is 19.1. The van der Waals surface area contributed by atoms with Crippen LogP contribution in [0.25, 0.3) is 6.08 Å². The highest BCUT2D eigenvalue weighted by Gasteiger charge is 2.12. The monoisotopic (exact) mass is 371 g/mol. The lowest BCUT2D eigenvalue weighted by Crippen LogP contribution is -2.30. The van der Waals surface area contributed by atoms with Crippen molar-refractivity contribution in [3.63, 3.8) is 0 Å². The van der Waals surface area contributed by atoms with E-state index in [0.29, 0.717) is 17.9 Å². The van der Waals surface area contributed by atoms with Crippen LogP contribution in [0.5, 0.6) is 5.75 Å². The summed E-state index contributed by atoms with van der Waals surface area (Å²) in [5.41, 5.74) is 1.40. The maximum Gasteiger partial charge on any atom is 0.331 e. The molecule has 0 saturated carbocycles. The van der Waals surface area contributed by atoms with E-state index in [1.807, 2.05) is 25.1 Å². The molecule has 0 bridgehead atoms. The highest BCUT2D eigenvalue weighted by Crippen LogP contribution is 2.19. The summed E-state index contributed by atoms with van der Waals surface area (Å²) in [6, 6.07) is 13.3. The largest absolute Gasteiger partial charge is 0.493 e. The van der Waals surface area contributed by atoms with E-state index in [0.717, 1.165) is 5.56 Å². The standard InChI is InChI=1S/C21H22FNO4/c1-3-26-19-10-5-4-8-17(19)11-12-21(25)27-15-20(24)23(2)14-16-7-6-9-18(22)13-16/h4-13H,3,14-15H2,1-2H3/b12-11+. The van der Waals surface area contributed by atoms with Crippen LogP contribution in [-0.2, 0) is 20.9 Å². The molecule has 5 nitrogen and oxygen atoms in total. The Morgan fingerprint density at radius 1 is 1.15 bits per heavy atom. The second kappa shape index (κ2) is 10.1. The third-order valence-electron chi connectivity index (χ3n) is 3.69. The Morgan fingerprint density at radius 3 is 2.67 bits per heavy atom. The number of ether oxygens (including phenoxy) is 2. The number of amides is 1. The lowest BCUT2D eigenvalue weighted by Gasteiger charge is -2.17. The minimum atomic E-state index is -0.631. The molecule has 2 aromatic carbocycles. The van der Waals surface area contributed by atoms with E-state index in [1.54, 1.807) is 31.3 Å². The van der Waals surface area contributed by atoms with Crippen molar-refractivity contribution in [2.45, 2.75) is 13.5 Å². The van der Waals surface area contributed by atoms with E-state index in [4.69, 9.17) is 9.47 Å². The van der Waals surface area contributed by atoms with Gasteiger partial charge in [-0.3, -0.25) is 4.79 Å². The van der Waals surface area contributed by atoms with Crippen LogP contribution in [0.4, 0.5) is 4.39 Å². The molecular formula is C21H22FNO4. The predicted octanol–water partition coefficient (Wildman–Crippen LogP) is 3.44. The van der Waals surface area contributed by atoms with Gasteiger partial charge in [0.2, 0.25) is 0 Å². The normalized spacial score (nSPS) is 10.6. The average molecular weight is 371 g/mol. The lowest BCUT2D eigenvalue weighted by molar-refractivity contribution is -0.147. The highest BCUT2D eigenvalue weighted by molar-refractivity contribution is 5.89. The third kappa shape index (κ3) is 6.58. The molecule has 27 heavy (non-hydrogen) atoms. The average Bonchev–Trinajstić information content (AvgIpc) is 2.65. The second-order valence-corrected chi connectivity index (χ2v) is 5.79. The summed E-state index contributed by atoms with van der Waals surface area (Å²) in [6.45, 7) is 2.23. The Morgan fingerprint density at radius 2 is 1.93 bits per heavy atom. The topological polar surface area (TPSA) is 55.8 Å². The van der Waals surface area contributed by atoms with Crippen LogP contribution in [0, 0.1) is 5.82 Å². The van der Waals surface area contributed by atoms with Gasteiger partial charge in [-0.05, 0) is 36.8 Å². The van der Waals surface area contributed by atoms with Crippen molar-refractivity contribution in [1.29, 1.82) is 0 Å². The zero-order valence-corrected chi connectivity index (χ0v) is 15.4. The fourth-order valence-electron chi connectivity index (χ4n) is 2.35. The zero-order chi connectivity index (χ0) is 19.6. The van der Waals surface area contributed by atoms with Gasteiger partial charge in [0.15, 0.2) is 6.61 Å². The van der Waals surface area contributed by atoms with E-state index in [2.05, 4.69) is 0 Å². The number of hydrogen-bond donors (Lipinski definition) is 0. The number of benzene rings is 2. The quantitative estimate of drug-likeness (QED) is 0.527. The summed E-state index contributed by atoms with van der Waals surface area (Å²) < 4.78 is 23.6. The number of rotatable bonds is 8. The number of halogens is 1. The molecule has 0 radical (unpaired) electrons. The van der Waals surface area contributed by atoms with Crippen LogP contribution in [0.15, 0.2) is 54.6 Å². The van der Waals surface area contributed by atoms with Crippen molar-refractivity contribution >= 4 is 18.0 Å².